The molecule has 1 N–H and O–H groups in total. The Kier molecular flexibility index (Phi) is 5.79. The van der Waals surface area contributed by atoms with E-state index in [1.165, 1.54) is 6.42 Å². The minimum atomic E-state index is -0.960. The molecule has 1 aromatic heterocycles. The largest absolute Gasteiger partial charge is 0.383 e. The lowest BCUT2D eigenvalue weighted by atomic mass is 9.94. The highest BCUT2D eigenvalue weighted by molar-refractivity contribution is 5.80. The van der Waals surface area contributed by atoms with Crippen molar-refractivity contribution < 1.29 is 9.90 Å². The fourth-order valence-corrected chi connectivity index (χ4v) is 3.36. The normalized spacial score (nSPS) is 20.6. The second-order valence-corrected chi connectivity index (χ2v) is 6.59. The van der Waals surface area contributed by atoms with E-state index in [0.29, 0.717) is 24.6 Å². The van der Waals surface area contributed by atoms with Gasteiger partial charge >= 0.3 is 0 Å². The first-order valence-corrected chi connectivity index (χ1v) is 8.92. The zero-order valence-electron chi connectivity index (χ0n) is 14.8. The lowest BCUT2D eigenvalue weighted by Crippen LogP contribution is -2.46. The SMILES string of the molecule is CCC1CCCCN1C(=O)C(C)n1cc(C(O)(CC)CC)nn1. The van der Waals surface area contributed by atoms with Gasteiger partial charge in [-0.25, -0.2) is 4.68 Å². The molecule has 0 aliphatic carbocycles. The molecule has 1 amide bonds. The summed E-state index contributed by atoms with van der Waals surface area (Å²) < 4.78 is 1.59. The molecule has 6 nitrogen and oxygen atoms in total. The van der Waals surface area contributed by atoms with Gasteiger partial charge in [0.05, 0.1) is 6.20 Å². The third-order valence-electron chi connectivity index (χ3n) is 5.29. The van der Waals surface area contributed by atoms with Gasteiger partial charge in [-0.05, 0) is 45.4 Å². The third-order valence-corrected chi connectivity index (χ3v) is 5.29. The Morgan fingerprint density at radius 3 is 2.70 bits per heavy atom. The minimum Gasteiger partial charge on any atom is -0.383 e. The van der Waals surface area contributed by atoms with Crippen LogP contribution in [0.4, 0.5) is 0 Å². The molecule has 1 aromatic rings. The van der Waals surface area contributed by atoms with Crippen LogP contribution in [0.15, 0.2) is 6.20 Å². The summed E-state index contributed by atoms with van der Waals surface area (Å²) in [6.07, 6.45) is 7.23. The van der Waals surface area contributed by atoms with E-state index < -0.39 is 5.60 Å². The highest BCUT2D eigenvalue weighted by atomic mass is 16.3. The number of hydrogen-bond acceptors (Lipinski definition) is 4. The van der Waals surface area contributed by atoms with Crippen molar-refractivity contribution in [2.24, 2.45) is 0 Å². The van der Waals surface area contributed by atoms with Crippen LogP contribution in [0.5, 0.6) is 0 Å². The molecular weight excluding hydrogens is 292 g/mol. The summed E-state index contributed by atoms with van der Waals surface area (Å²) in [4.78, 5) is 14.8. The Labute approximate surface area is 138 Å². The molecule has 1 aliphatic heterocycles. The molecule has 1 saturated heterocycles. The Bertz CT molecular complexity index is 524. The smallest absolute Gasteiger partial charge is 0.247 e. The van der Waals surface area contributed by atoms with Crippen LogP contribution in [0.2, 0.25) is 0 Å². The number of carbonyl (C=O) groups excluding carboxylic acids is 1. The highest BCUT2D eigenvalue weighted by Gasteiger charge is 2.32. The molecule has 2 atom stereocenters. The van der Waals surface area contributed by atoms with Crippen molar-refractivity contribution in [3.05, 3.63) is 11.9 Å². The van der Waals surface area contributed by atoms with Crippen LogP contribution < -0.4 is 0 Å². The molecule has 0 spiro atoms. The number of rotatable bonds is 6. The first-order chi connectivity index (χ1) is 11.0. The van der Waals surface area contributed by atoms with Gasteiger partial charge in [-0.3, -0.25) is 4.79 Å². The van der Waals surface area contributed by atoms with Gasteiger partial charge < -0.3 is 10.0 Å². The maximum absolute atomic E-state index is 12.8. The maximum atomic E-state index is 12.8. The molecule has 2 rings (SSSR count). The van der Waals surface area contributed by atoms with Crippen molar-refractivity contribution in [2.45, 2.75) is 83.9 Å². The number of amides is 1. The van der Waals surface area contributed by atoms with E-state index in [1.54, 1.807) is 10.9 Å². The van der Waals surface area contributed by atoms with Gasteiger partial charge in [-0.15, -0.1) is 5.10 Å². The molecular formula is C17H30N4O2. The molecule has 0 bridgehead atoms. The van der Waals surface area contributed by atoms with Crippen molar-refractivity contribution in [2.75, 3.05) is 6.54 Å². The number of aromatic nitrogens is 3. The fourth-order valence-electron chi connectivity index (χ4n) is 3.36. The van der Waals surface area contributed by atoms with Gasteiger partial charge in [-0.2, -0.15) is 0 Å². The third kappa shape index (κ3) is 3.57. The molecule has 0 radical (unpaired) electrons. The monoisotopic (exact) mass is 322 g/mol. The summed E-state index contributed by atoms with van der Waals surface area (Å²) in [6, 6.07) is -0.0497. The lowest BCUT2D eigenvalue weighted by Gasteiger charge is -2.36. The summed E-state index contributed by atoms with van der Waals surface area (Å²) in [5.74, 6) is 0.101. The number of nitrogens with zero attached hydrogens (tertiary/aromatic N) is 4. The van der Waals surface area contributed by atoms with Crippen LogP contribution in [-0.2, 0) is 10.4 Å². The predicted molar refractivity (Wildman–Crippen MR) is 88.9 cm³/mol. The Morgan fingerprint density at radius 2 is 2.09 bits per heavy atom. The second-order valence-electron chi connectivity index (χ2n) is 6.59. The lowest BCUT2D eigenvalue weighted by molar-refractivity contribution is -0.138. The Hall–Kier alpha value is -1.43. The average molecular weight is 322 g/mol. The highest BCUT2D eigenvalue weighted by Crippen LogP contribution is 2.27. The van der Waals surface area contributed by atoms with E-state index in [4.69, 9.17) is 0 Å². The number of piperidine rings is 1. The minimum absolute atomic E-state index is 0.101. The zero-order chi connectivity index (χ0) is 17.0. The van der Waals surface area contributed by atoms with Crippen molar-refractivity contribution in [1.29, 1.82) is 0 Å². The summed E-state index contributed by atoms with van der Waals surface area (Å²) in [6.45, 7) is 8.68. The van der Waals surface area contributed by atoms with E-state index >= 15 is 0 Å². The molecule has 2 heterocycles. The average Bonchev–Trinajstić information content (AvgIpc) is 3.10. The molecule has 130 valence electrons. The molecule has 2 unspecified atom stereocenters. The van der Waals surface area contributed by atoms with Crippen LogP contribution in [0.3, 0.4) is 0 Å². The zero-order valence-corrected chi connectivity index (χ0v) is 14.8. The van der Waals surface area contributed by atoms with Gasteiger partial charge in [0.1, 0.15) is 17.3 Å². The first-order valence-electron chi connectivity index (χ1n) is 8.92. The van der Waals surface area contributed by atoms with Crippen molar-refractivity contribution >= 4 is 5.91 Å². The fraction of sp³-hybridized carbons (Fsp3) is 0.824. The van der Waals surface area contributed by atoms with Crippen molar-refractivity contribution in [3.8, 4) is 0 Å². The van der Waals surface area contributed by atoms with E-state index in [2.05, 4.69) is 17.2 Å². The van der Waals surface area contributed by atoms with Crippen LogP contribution in [0.1, 0.15) is 78.0 Å². The van der Waals surface area contributed by atoms with Crippen LogP contribution in [0, 0.1) is 0 Å². The molecule has 1 aliphatic rings. The Balaban J connectivity index is 2.15. The maximum Gasteiger partial charge on any atom is 0.247 e. The van der Waals surface area contributed by atoms with E-state index in [9.17, 15) is 9.90 Å². The van der Waals surface area contributed by atoms with E-state index in [1.807, 2.05) is 25.7 Å². The summed E-state index contributed by atoms with van der Waals surface area (Å²) in [5.41, 5.74) is -0.411. The number of hydrogen-bond donors (Lipinski definition) is 1. The summed E-state index contributed by atoms with van der Waals surface area (Å²) in [7, 11) is 0. The quantitative estimate of drug-likeness (QED) is 0.874. The van der Waals surface area contributed by atoms with E-state index in [0.717, 1.165) is 25.8 Å². The van der Waals surface area contributed by atoms with Crippen LogP contribution >= 0.6 is 0 Å². The second kappa shape index (κ2) is 7.43. The molecule has 1 fully saturated rings. The van der Waals surface area contributed by atoms with Crippen molar-refractivity contribution in [3.63, 3.8) is 0 Å². The molecule has 23 heavy (non-hydrogen) atoms. The number of likely N-dealkylation sites (tertiary alicyclic amines) is 1. The summed E-state index contributed by atoms with van der Waals surface area (Å²) in [5, 5.41) is 18.8. The number of aliphatic hydroxyl groups is 1. The standard InChI is InChI=1S/C17H30N4O2/c1-5-14-10-8-9-11-20(14)16(22)13(4)21-12-15(18-19-21)17(23,6-2)7-3/h12-14,23H,5-11H2,1-4H3. The van der Waals surface area contributed by atoms with Gasteiger partial charge in [0.25, 0.3) is 0 Å². The van der Waals surface area contributed by atoms with Crippen molar-refractivity contribution in [1.82, 2.24) is 19.9 Å². The predicted octanol–water partition coefficient (Wildman–Crippen LogP) is 2.64. The molecule has 0 saturated carbocycles. The number of carbonyl (C=O) groups is 1. The topological polar surface area (TPSA) is 71.2 Å². The van der Waals surface area contributed by atoms with Gasteiger partial charge in [-0.1, -0.05) is 26.0 Å². The van der Waals surface area contributed by atoms with Gasteiger partial charge in [0.2, 0.25) is 5.91 Å². The molecule has 0 aromatic carbocycles. The van der Waals surface area contributed by atoms with Crippen LogP contribution in [-0.4, -0.2) is 43.5 Å². The van der Waals surface area contributed by atoms with E-state index in [-0.39, 0.29) is 11.9 Å². The van der Waals surface area contributed by atoms with Gasteiger partial charge in [0.15, 0.2) is 0 Å². The molecule has 6 heteroatoms. The Morgan fingerprint density at radius 1 is 1.39 bits per heavy atom. The first kappa shape index (κ1) is 17.9. The van der Waals surface area contributed by atoms with Crippen LogP contribution in [0.25, 0.3) is 0 Å². The van der Waals surface area contributed by atoms with Gasteiger partial charge in [0, 0.05) is 12.6 Å². The summed E-state index contributed by atoms with van der Waals surface area (Å²) >= 11 is 0.